The van der Waals surface area contributed by atoms with Gasteiger partial charge in [0, 0.05) is 0 Å². The monoisotopic (exact) mass is 148 g/mol. The maximum absolute atomic E-state index is 4.07. The number of hydrogen-bond acceptors (Lipinski definition) is 0. The summed E-state index contributed by atoms with van der Waals surface area (Å²) in [6.07, 6.45) is 1.17. The highest BCUT2D eigenvalue weighted by Crippen LogP contribution is 2.37. The first kappa shape index (κ1) is 8.32. The van der Waals surface area contributed by atoms with Crippen molar-refractivity contribution < 1.29 is 0 Å². The molecule has 0 saturated carbocycles. The summed E-state index contributed by atoms with van der Waals surface area (Å²) in [5.74, 6) is 0.627. The molecule has 0 heteroatoms. The van der Waals surface area contributed by atoms with Crippen molar-refractivity contribution >= 4 is 0 Å². The second-order valence-electron chi connectivity index (χ2n) is 3.57. The Labute approximate surface area is 69.3 Å². The third kappa shape index (κ3) is 1.30. The molecule has 0 aromatic carbocycles. The summed E-state index contributed by atoms with van der Waals surface area (Å²) < 4.78 is 0. The van der Waals surface area contributed by atoms with Crippen LogP contribution < -0.4 is 0 Å². The van der Waals surface area contributed by atoms with E-state index in [4.69, 9.17) is 0 Å². The van der Waals surface area contributed by atoms with Gasteiger partial charge in [0.1, 0.15) is 0 Å². The highest BCUT2D eigenvalue weighted by atomic mass is 14.3. The molecule has 0 spiro atoms. The zero-order chi connectivity index (χ0) is 8.59. The molecule has 60 valence electrons. The molecule has 11 heavy (non-hydrogen) atoms. The lowest BCUT2D eigenvalue weighted by Gasteiger charge is -2.06. The summed E-state index contributed by atoms with van der Waals surface area (Å²) in [4.78, 5) is 0. The van der Waals surface area contributed by atoms with Gasteiger partial charge >= 0.3 is 0 Å². The van der Waals surface area contributed by atoms with Gasteiger partial charge in [-0.25, -0.2) is 0 Å². The van der Waals surface area contributed by atoms with Gasteiger partial charge in [0.15, 0.2) is 0 Å². The Bertz CT molecular complexity index is 241. The minimum atomic E-state index is 0.627. The van der Waals surface area contributed by atoms with Gasteiger partial charge in [-0.2, -0.15) is 0 Å². The Kier molecular flexibility index (Phi) is 2.03. The van der Waals surface area contributed by atoms with Gasteiger partial charge in [-0.3, -0.25) is 0 Å². The molecule has 0 fully saturated rings. The summed E-state index contributed by atoms with van der Waals surface area (Å²) in [6, 6.07) is 0. The van der Waals surface area contributed by atoms with E-state index in [0.717, 1.165) is 5.57 Å². The van der Waals surface area contributed by atoms with Crippen LogP contribution in [0.3, 0.4) is 0 Å². The number of hydrogen-bond donors (Lipinski definition) is 0. The highest BCUT2D eigenvalue weighted by Gasteiger charge is 2.21. The molecule has 1 unspecified atom stereocenters. The summed E-state index contributed by atoms with van der Waals surface area (Å²) >= 11 is 0. The van der Waals surface area contributed by atoms with Crippen LogP contribution >= 0.6 is 0 Å². The van der Waals surface area contributed by atoms with Crippen molar-refractivity contribution in [1.82, 2.24) is 0 Å². The molecule has 0 radical (unpaired) electrons. The van der Waals surface area contributed by atoms with Crippen LogP contribution in [0.25, 0.3) is 0 Å². The van der Waals surface area contributed by atoms with Crippen molar-refractivity contribution in [2.75, 3.05) is 0 Å². The fourth-order valence-corrected chi connectivity index (χ4v) is 1.84. The average Bonchev–Trinajstić information content (AvgIpc) is 2.07. The Morgan fingerprint density at radius 1 is 1.55 bits per heavy atom. The van der Waals surface area contributed by atoms with Crippen LogP contribution in [0.4, 0.5) is 0 Å². The Balaban J connectivity index is 3.01. The molecular weight excluding hydrogens is 132 g/mol. The van der Waals surface area contributed by atoms with E-state index >= 15 is 0 Å². The standard InChI is InChI=1S/C11H16/c1-7(2)11-9(4)6-8(3)10(11)5/h8H,1,5-6H2,2-4H3. The molecule has 1 rings (SSSR count). The molecule has 1 aliphatic carbocycles. The van der Waals surface area contributed by atoms with Crippen LogP contribution in [0, 0.1) is 5.92 Å². The lowest BCUT2D eigenvalue weighted by atomic mass is 9.98. The zero-order valence-corrected chi connectivity index (χ0v) is 7.70. The molecule has 0 aliphatic heterocycles. The molecule has 0 heterocycles. The van der Waals surface area contributed by atoms with E-state index in [2.05, 4.69) is 33.9 Å². The fourth-order valence-electron chi connectivity index (χ4n) is 1.84. The highest BCUT2D eigenvalue weighted by molar-refractivity contribution is 5.51. The molecule has 0 N–H and O–H groups in total. The second kappa shape index (κ2) is 2.69. The van der Waals surface area contributed by atoms with E-state index in [9.17, 15) is 0 Å². The summed E-state index contributed by atoms with van der Waals surface area (Å²) in [5, 5.41) is 0. The normalized spacial score (nSPS) is 24.6. The lowest BCUT2D eigenvalue weighted by Crippen LogP contribution is -1.91. The van der Waals surface area contributed by atoms with Crippen LogP contribution in [0.5, 0.6) is 0 Å². The van der Waals surface area contributed by atoms with Crippen molar-refractivity contribution in [2.24, 2.45) is 5.92 Å². The van der Waals surface area contributed by atoms with Crippen molar-refractivity contribution in [3.63, 3.8) is 0 Å². The maximum Gasteiger partial charge on any atom is -0.0153 e. The van der Waals surface area contributed by atoms with Crippen molar-refractivity contribution in [2.45, 2.75) is 27.2 Å². The van der Waals surface area contributed by atoms with Gasteiger partial charge in [-0.15, -0.1) is 0 Å². The molecule has 1 atom stereocenters. The van der Waals surface area contributed by atoms with E-state index in [-0.39, 0.29) is 0 Å². The van der Waals surface area contributed by atoms with Crippen LogP contribution in [0.1, 0.15) is 27.2 Å². The van der Waals surface area contributed by atoms with Crippen LogP contribution in [-0.2, 0) is 0 Å². The SMILES string of the molecule is C=C(C)C1=C(C)CC(C)C1=C. The van der Waals surface area contributed by atoms with E-state index in [1.54, 1.807) is 0 Å². The maximum atomic E-state index is 4.07. The first-order chi connectivity index (χ1) is 5.04. The van der Waals surface area contributed by atoms with Crippen LogP contribution in [0.2, 0.25) is 0 Å². The Morgan fingerprint density at radius 2 is 2.09 bits per heavy atom. The van der Waals surface area contributed by atoms with Crippen molar-refractivity contribution in [3.8, 4) is 0 Å². The summed E-state index contributed by atoms with van der Waals surface area (Å²) in [6.45, 7) is 14.5. The molecule has 0 nitrogen and oxygen atoms in total. The second-order valence-corrected chi connectivity index (χ2v) is 3.57. The molecule has 1 aliphatic rings. The van der Waals surface area contributed by atoms with E-state index in [0.29, 0.717) is 5.92 Å². The largest absolute Gasteiger partial charge is 0.0955 e. The molecule has 0 bridgehead atoms. The van der Waals surface area contributed by atoms with Gasteiger partial charge in [0.2, 0.25) is 0 Å². The lowest BCUT2D eigenvalue weighted by molar-refractivity contribution is 0.724. The third-order valence-electron chi connectivity index (χ3n) is 2.38. The average molecular weight is 148 g/mol. The molecule has 0 aromatic heterocycles. The van der Waals surface area contributed by atoms with Crippen LogP contribution in [-0.4, -0.2) is 0 Å². The predicted molar refractivity (Wildman–Crippen MR) is 50.4 cm³/mol. The van der Waals surface area contributed by atoms with E-state index in [1.165, 1.54) is 23.1 Å². The minimum absolute atomic E-state index is 0.627. The van der Waals surface area contributed by atoms with Crippen LogP contribution in [0.15, 0.2) is 35.5 Å². The minimum Gasteiger partial charge on any atom is -0.0955 e. The zero-order valence-electron chi connectivity index (χ0n) is 7.70. The summed E-state index contributed by atoms with van der Waals surface area (Å²) in [7, 11) is 0. The Morgan fingerprint density at radius 3 is 2.27 bits per heavy atom. The van der Waals surface area contributed by atoms with E-state index < -0.39 is 0 Å². The first-order valence-electron chi connectivity index (χ1n) is 4.08. The third-order valence-corrected chi connectivity index (χ3v) is 2.38. The van der Waals surface area contributed by atoms with Gasteiger partial charge in [0.25, 0.3) is 0 Å². The fraction of sp³-hybridized carbons (Fsp3) is 0.455. The molecule has 0 aromatic rings. The van der Waals surface area contributed by atoms with Gasteiger partial charge in [0.05, 0.1) is 0 Å². The van der Waals surface area contributed by atoms with Crippen molar-refractivity contribution in [3.05, 3.63) is 35.5 Å². The quantitative estimate of drug-likeness (QED) is 0.534. The smallest absolute Gasteiger partial charge is 0.0153 e. The first-order valence-corrected chi connectivity index (χ1v) is 4.08. The Hall–Kier alpha value is -0.780. The number of allylic oxidation sites excluding steroid dienone is 4. The van der Waals surface area contributed by atoms with Crippen molar-refractivity contribution in [1.29, 1.82) is 0 Å². The number of rotatable bonds is 1. The summed E-state index contributed by atoms with van der Waals surface area (Å²) in [5.41, 5.74) is 5.22. The molecule has 0 amide bonds. The molecular formula is C11H16. The van der Waals surface area contributed by atoms with Gasteiger partial charge in [-0.05, 0) is 37.3 Å². The topological polar surface area (TPSA) is 0 Å². The van der Waals surface area contributed by atoms with Gasteiger partial charge < -0.3 is 0 Å². The predicted octanol–water partition coefficient (Wildman–Crippen LogP) is 3.48. The molecule has 0 saturated heterocycles. The van der Waals surface area contributed by atoms with E-state index in [1.807, 2.05) is 0 Å². The van der Waals surface area contributed by atoms with Gasteiger partial charge in [-0.1, -0.05) is 31.2 Å².